The van der Waals surface area contributed by atoms with Crippen LogP contribution in [0.4, 0.5) is 0 Å². The van der Waals surface area contributed by atoms with Crippen LogP contribution in [0.1, 0.15) is 28.8 Å². The summed E-state index contributed by atoms with van der Waals surface area (Å²) >= 11 is 0. The highest BCUT2D eigenvalue weighted by Crippen LogP contribution is 2.15. The standard InChI is InChI=1S/C19H19N5O2/c25-18-4-2-16(22-18)13-24(11-14-5-7-20-8-6-14)19(26)15-1-3-17-21-9-10-23(17)12-15/h1,3,5-10,12,16H,2,4,11,13H2,(H,22,25)/t16-/m0/s1. The number of carbonyl (C=O) groups is 2. The van der Waals surface area contributed by atoms with Gasteiger partial charge in [0.15, 0.2) is 0 Å². The van der Waals surface area contributed by atoms with Crippen molar-refractivity contribution < 1.29 is 9.59 Å². The minimum atomic E-state index is -0.0708. The van der Waals surface area contributed by atoms with Crippen molar-refractivity contribution in [2.45, 2.75) is 25.4 Å². The van der Waals surface area contributed by atoms with Gasteiger partial charge in [-0.25, -0.2) is 4.98 Å². The number of pyridine rings is 2. The van der Waals surface area contributed by atoms with Gasteiger partial charge in [0.2, 0.25) is 5.91 Å². The Morgan fingerprint density at radius 2 is 2.08 bits per heavy atom. The molecule has 0 bridgehead atoms. The van der Waals surface area contributed by atoms with Gasteiger partial charge in [0.05, 0.1) is 5.56 Å². The fourth-order valence-corrected chi connectivity index (χ4v) is 3.24. The van der Waals surface area contributed by atoms with Crippen LogP contribution in [-0.2, 0) is 11.3 Å². The molecule has 7 heteroatoms. The fraction of sp³-hybridized carbons (Fsp3) is 0.263. The number of amides is 2. The number of nitrogens with one attached hydrogen (secondary N) is 1. The van der Waals surface area contributed by atoms with E-state index in [0.29, 0.717) is 25.1 Å². The van der Waals surface area contributed by atoms with E-state index in [0.717, 1.165) is 17.6 Å². The van der Waals surface area contributed by atoms with Crippen molar-refractivity contribution in [3.05, 3.63) is 66.4 Å². The Labute approximate surface area is 150 Å². The Morgan fingerprint density at radius 3 is 2.85 bits per heavy atom. The van der Waals surface area contributed by atoms with Gasteiger partial charge < -0.3 is 14.6 Å². The van der Waals surface area contributed by atoms with E-state index in [9.17, 15) is 9.59 Å². The predicted molar refractivity (Wildman–Crippen MR) is 95.3 cm³/mol. The van der Waals surface area contributed by atoms with Gasteiger partial charge >= 0.3 is 0 Å². The Hall–Kier alpha value is -3.22. The largest absolute Gasteiger partial charge is 0.352 e. The van der Waals surface area contributed by atoms with Crippen molar-refractivity contribution in [1.82, 2.24) is 24.6 Å². The van der Waals surface area contributed by atoms with Crippen molar-refractivity contribution in [3.63, 3.8) is 0 Å². The first kappa shape index (κ1) is 16.3. The molecule has 1 aliphatic rings. The highest BCUT2D eigenvalue weighted by atomic mass is 16.2. The molecule has 1 atom stereocenters. The number of hydrogen-bond donors (Lipinski definition) is 1. The van der Waals surface area contributed by atoms with Crippen LogP contribution in [0.3, 0.4) is 0 Å². The summed E-state index contributed by atoms with van der Waals surface area (Å²) in [5, 5.41) is 2.94. The molecular weight excluding hydrogens is 330 g/mol. The first-order valence-electron chi connectivity index (χ1n) is 8.59. The molecule has 0 radical (unpaired) electrons. The van der Waals surface area contributed by atoms with Gasteiger partial charge in [-0.2, -0.15) is 0 Å². The summed E-state index contributed by atoms with van der Waals surface area (Å²) in [6, 6.07) is 7.40. The molecule has 1 aliphatic heterocycles. The molecule has 0 saturated carbocycles. The monoisotopic (exact) mass is 349 g/mol. The maximum Gasteiger partial charge on any atom is 0.255 e. The number of rotatable bonds is 5. The van der Waals surface area contributed by atoms with Crippen LogP contribution in [0.5, 0.6) is 0 Å². The second kappa shape index (κ2) is 6.95. The van der Waals surface area contributed by atoms with Crippen molar-refractivity contribution in [1.29, 1.82) is 0 Å². The summed E-state index contributed by atoms with van der Waals surface area (Å²) in [6.07, 6.45) is 10.0. The highest BCUT2D eigenvalue weighted by molar-refractivity contribution is 5.94. The zero-order chi connectivity index (χ0) is 17.9. The lowest BCUT2D eigenvalue weighted by molar-refractivity contribution is -0.119. The molecule has 2 amide bonds. The summed E-state index contributed by atoms with van der Waals surface area (Å²) in [7, 11) is 0. The number of hydrogen-bond acceptors (Lipinski definition) is 4. The second-order valence-corrected chi connectivity index (χ2v) is 6.45. The van der Waals surface area contributed by atoms with Crippen LogP contribution in [-0.4, -0.2) is 43.7 Å². The topological polar surface area (TPSA) is 79.6 Å². The van der Waals surface area contributed by atoms with Gasteiger partial charge in [-0.15, -0.1) is 0 Å². The van der Waals surface area contributed by atoms with Gasteiger partial charge in [0, 0.05) is 56.5 Å². The van der Waals surface area contributed by atoms with Gasteiger partial charge in [0.1, 0.15) is 5.65 Å². The van der Waals surface area contributed by atoms with E-state index in [1.807, 2.05) is 28.8 Å². The number of fused-ring (bicyclic) bond motifs is 1. The van der Waals surface area contributed by atoms with E-state index in [-0.39, 0.29) is 17.9 Å². The lowest BCUT2D eigenvalue weighted by atomic mass is 10.1. The molecule has 4 rings (SSSR count). The predicted octanol–water partition coefficient (Wildman–Crippen LogP) is 1.65. The van der Waals surface area contributed by atoms with Crippen LogP contribution >= 0.6 is 0 Å². The van der Waals surface area contributed by atoms with Gasteiger partial charge in [-0.05, 0) is 36.2 Å². The Morgan fingerprint density at radius 1 is 1.23 bits per heavy atom. The molecule has 1 N–H and O–H groups in total. The van der Waals surface area contributed by atoms with E-state index < -0.39 is 0 Å². The first-order chi connectivity index (χ1) is 12.7. The molecule has 1 saturated heterocycles. The summed E-state index contributed by atoms with van der Waals surface area (Å²) in [5.74, 6) is -0.0234. The van der Waals surface area contributed by atoms with Crippen LogP contribution < -0.4 is 5.32 Å². The van der Waals surface area contributed by atoms with E-state index >= 15 is 0 Å². The summed E-state index contributed by atoms with van der Waals surface area (Å²) in [4.78, 5) is 34.7. The number of aromatic nitrogens is 3. The molecule has 1 fully saturated rings. The third-order valence-electron chi connectivity index (χ3n) is 4.57. The molecule has 3 aromatic heterocycles. The molecule has 0 aliphatic carbocycles. The highest BCUT2D eigenvalue weighted by Gasteiger charge is 2.26. The lowest BCUT2D eigenvalue weighted by Gasteiger charge is -2.26. The zero-order valence-electron chi connectivity index (χ0n) is 14.2. The normalized spacial score (nSPS) is 16.6. The average Bonchev–Trinajstić information content (AvgIpc) is 3.29. The van der Waals surface area contributed by atoms with Gasteiger partial charge in [-0.1, -0.05) is 0 Å². The Balaban J connectivity index is 1.59. The summed E-state index contributed by atoms with van der Waals surface area (Å²) in [6.45, 7) is 0.949. The van der Waals surface area contributed by atoms with Gasteiger partial charge in [0.25, 0.3) is 5.91 Å². The minimum Gasteiger partial charge on any atom is -0.352 e. The lowest BCUT2D eigenvalue weighted by Crippen LogP contribution is -2.41. The molecule has 7 nitrogen and oxygen atoms in total. The molecule has 4 heterocycles. The smallest absolute Gasteiger partial charge is 0.255 e. The number of nitrogens with zero attached hydrogens (tertiary/aromatic N) is 4. The first-order valence-corrected chi connectivity index (χ1v) is 8.59. The van der Waals surface area contributed by atoms with Crippen molar-refractivity contribution in [2.24, 2.45) is 0 Å². The maximum absolute atomic E-state index is 13.1. The summed E-state index contributed by atoms with van der Waals surface area (Å²) in [5.41, 5.74) is 2.39. The van der Waals surface area contributed by atoms with Gasteiger partial charge in [-0.3, -0.25) is 14.6 Å². The quantitative estimate of drug-likeness (QED) is 0.760. The number of imidazole rings is 1. The molecule has 132 valence electrons. The maximum atomic E-state index is 13.1. The molecular formula is C19H19N5O2. The molecule has 3 aromatic rings. The van der Waals surface area contributed by atoms with E-state index in [1.54, 1.807) is 35.8 Å². The third kappa shape index (κ3) is 3.42. The van der Waals surface area contributed by atoms with Crippen LogP contribution in [0.25, 0.3) is 5.65 Å². The van der Waals surface area contributed by atoms with E-state index in [1.165, 1.54) is 0 Å². The molecule has 26 heavy (non-hydrogen) atoms. The molecule has 0 spiro atoms. The second-order valence-electron chi connectivity index (χ2n) is 6.45. The molecule has 0 unspecified atom stereocenters. The van der Waals surface area contributed by atoms with Crippen LogP contribution in [0, 0.1) is 0 Å². The van der Waals surface area contributed by atoms with Crippen molar-refractivity contribution in [2.75, 3.05) is 6.54 Å². The van der Waals surface area contributed by atoms with E-state index in [4.69, 9.17) is 0 Å². The Bertz CT molecular complexity index is 937. The third-order valence-corrected chi connectivity index (χ3v) is 4.57. The zero-order valence-corrected chi connectivity index (χ0v) is 14.2. The van der Waals surface area contributed by atoms with E-state index in [2.05, 4.69) is 15.3 Å². The van der Waals surface area contributed by atoms with Crippen LogP contribution in [0.15, 0.2) is 55.2 Å². The fourth-order valence-electron chi connectivity index (χ4n) is 3.24. The van der Waals surface area contributed by atoms with Crippen LogP contribution in [0.2, 0.25) is 0 Å². The van der Waals surface area contributed by atoms with Crippen molar-refractivity contribution in [3.8, 4) is 0 Å². The minimum absolute atomic E-state index is 0.00902. The summed E-state index contributed by atoms with van der Waals surface area (Å²) < 4.78 is 1.83. The molecule has 0 aromatic carbocycles. The SMILES string of the molecule is O=C1CC[C@@H](CN(Cc2ccncc2)C(=O)c2ccc3nccn3c2)N1. The van der Waals surface area contributed by atoms with Crippen molar-refractivity contribution >= 4 is 17.5 Å². The number of carbonyl (C=O) groups excluding carboxylic acids is 2. The Kier molecular flexibility index (Phi) is 4.35. The average molecular weight is 349 g/mol.